The van der Waals surface area contributed by atoms with Gasteiger partial charge in [0.1, 0.15) is 5.52 Å². The number of hydrogen-bond acceptors (Lipinski definition) is 3. The van der Waals surface area contributed by atoms with E-state index in [0.29, 0.717) is 5.89 Å². The molecule has 1 heterocycles. The van der Waals surface area contributed by atoms with E-state index < -0.39 is 0 Å². The fourth-order valence-corrected chi connectivity index (χ4v) is 7.51. The summed E-state index contributed by atoms with van der Waals surface area (Å²) in [5, 5.41) is 7.25. The molecule has 10 rings (SSSR count). The molecule has 0 saturated carbocycles. The Hall–Kier alpha value is -6.97. The zero-order valence-electron chi connectivity index (χ0n) is 28.3. The molecule has 0 bridgehead atoms. The first-order valence-electron chi connectivity index (χ1n) is 17.6. The van der Waals surface area contributed by atoms with Gasteiger partial charge in [-0.1, -0.05) is 121 Å². The van der Waals surface area contributed by atoms with Gasteiger partial charge >= 0.3 is 0 Å². The van der Waals surface area contributed by atoms with Crippen LogP contribution in [0.4, 0.5) is 17.1 Å². The smallest absolute Gasteiger partial charge is 0.227 e. The Labute approximate surface area is 301 Å². The first-order chi connectivity index (χ1) is 25.8. The molecule has 10 aromatic rings. The van der Waals surface area contributed by atoms with E-state index in [1.807, 2.05) is 36.4 Å². The predicted molar refractivity (Wildman–Crippen MR) is 218 cm³/mol. The third-order valence-electron chi connectivity index (χ3n) is 10.1. The highest BCUT2D eigenvalue weighted by Gasteiger charge is 2.15. The van der Waals surface area contributed by atoms with Crippen LogP contribution in [0.1, 0.15) is 0 Å². The molecule has 0 fully saturated rings. The van der Waals surface area contributed by atoms with Gasteiger partial charge in [-0.25, -0.2) is 4.98 Å². The van der Waals surface area contributed by atoms with Gasteiger partial charge in [0, 0.05) is 28.0 Å². The number of benzene rings is 9. The van der Waals surface area contributed by atoms with Crippen LogP contribution in [0.3, 0.4) is 0 Å². The molecule has 0 spiro atoms. The Morgan fingerprint density at radius 1 is 0.365 bits per heavy atom. The number of hydrogen-bond donors (Lipinski definition) is 0. The summed E-state index contributed by atoms with van der Waals surface area (Å²) in [6, 6.07) is 68.9. The van der Waals surface area contributed by atoms with E-state index in [0.717, 1.165) is 55.6 Å². The molecule has 9 aromatic carbocycles. The molecule has 1 aromatic heterocycles. The molecule has 0 N–H and O–H groups in total. The molecular weight excluding hydrogens is 633 g/mol. The lowest BCUT2D eigenvalue weighted by atomic mass is 9.93. The molecule has 0 saturated heterocycles. The van der Waals surface area contributed by atoms with E-state index in [2.05, 4.69) is 163 Å². The maximum Gasteiger partial charge on any atom is 0.227 e. The standard InChI is InChI=1S/C49H32N2O/c1-3-11-35(12-4-1)49-50-47-30-24-38-31-36(23-29-43(38)48(47)52-49)33-19-25-40(26-20-33)51(39-14-5-2-6-15-39)41-27-21-34(22-28-41)46-32-37-13-7-8-16-42(37)44-17-9-10-18-45(44)46/h1-32H. The highest BCUT2D eigenvalue weighted by atomic mass is 16.3. The average Bonchev–Trinajstić information content (AvgIpc) is 3.67. The molecule has 0 amide bonds. The Morgan fingerprint density at radius 2 is 0.942 bits per heavy atom. The monoisotopic (exact) mass is 664 g/mol. The largest absolute Gasteiger partial charge is 0.435 e. The van der Waals surface area contributed by atoms with Crippen LogP contribution in [-0.4, -0.2) is 4.98 Å². The lowest BCUT2D eigenvalue weighted by Crippen LogP contribution is -2.09. The molecule has 3 nitrogen and oxygen atoms in total. The van der Waals surface area contributed by atoms with Crippen molar-refractivity contribution in [3.63, 3.8) is 0 Å². The van der Waals surface area contributed by atoms with E-state index in [1.54, 1.807) is 0 Å². The van der Waals surface area contributed by atoms with Crippen molar-refractivity contribution >= 4 is 60.5 Å². The average molecular weight is 665 g/mol. The third-order valence-corrected chi connectivity index (χ3v) is 10.1. The van der Waals surface area contributed by atoms with Crippen LogP contribution in [0.15, 0.2) is 199 Å². The molecular formula is C49H32N2O. The van der Waals surface area contributed by atoms with Crippen LogP contribution in [0.5, 0.6) is 0 Å². The van der Waals surface area contributed by atoms with Gasteiger partial charge in [-0.05, 0) is 122 Å². The minimum absolute atomic E-state index is 0.641. The van der Waals surface area contributed by atoms with Crippen molar-refractivity contribution in [1.29, 1.82) is 0 Å². The topological polar surface area (TPSA) is 29.3 Å². The van der Waals surface area contributed by atoms with Crippen molar-refractivity contribution < 1.29 is 4.42 Å². The van der Waals surface area contributed by atoms with E-state index >= 15 is 0 Å². The number of nitrogens with zero attached hydrogens (tertiary/aromatic N) is 2. The maximum atomic E-state index is 6.29. The molecule has 0 aliphatic carbocycles. The van der Waals surface area contributed by atoms with Crippen LogP contribution in [0.25, 0.3) is 77.1 Å². The second kappa shape index (κ2) is 12.4. The first kappa shape index (κ1) is 29.9. The molecule has 0 aliphatic rings. The van der Waals surface area contributed by atoms with Gasteiger partial charge in [-0.15, -0.1) is 0 Å². The van der Waals surface area contributed by atoms with Gasteiger partial charge in [-0.3, -0.25) is 0 Å². The predicted octanol–water partition coefficient (Wildman–Crippen LogP) is 13.8. The van der Waals surface area contributed by atoms with E-state index in [-0.39, 0.29) is 0 Å². The van der Waals surface area contributed by atoms with Gasteiger partial charge in [0.25, 0.3) is 0 Å². The van der Waals surface area contributed by atoms with Crippen molar-refractivity contribution in [2.75, 3.05) is 4.90 Å². The number of fused-ring (bicyclic) bond motifs is 6. The minimum atomic E-state index is 0.641. The summed E-state index contributed by atoms with van der Waals surface area (Å²) in [7, 11) is 0. The molecule has 52 heavy (non-hydrogen) atoms. The maximum absolute atomic E-state index is 6.29. The van der Waals surface area contributed by atoms with E-state index in [9.17, 15) is 0 Å². The Bertz CT molecular complexity index is 2880. The lowest BCUT2D eigenvalue weighted by Gasteiger charge is -2.26. The molecule has 0 aliphatic heterocycles. The second-order valence-electron chi connectivity index (χ2n) is 13.2. The Kier molecular flexibility index (Phi) is 7.14. The lowest BCUT2D eigenvalue weighted by molar-refractivity contribution is 0.623. The number of anilines is 3. The van der Waals surface area contributed by atoms with E-state index in [1.165, 1.54) is 32.7 Å². The molecule has 244 valence electrons. The minimum Gasteiger partial charge on any atom is -0.435 e. The third kappa shape index (κ3) is 5.19. The van der Waals surface area contributed by atoms with Crippen molar-refractivity contribution in [3.8, 4) is 33.7 Å². The fraction of sp³-hybridized carbons (Fsp3) is 0. The highest BCUT2D eigenvalue weighted by molar-refractivity contribution is 6.13. The first-order valence-corrected chi connectivity index (χ1v) is 17.6. The summed E-state index contributed by atoms with van der Waals surface area (Å²) in [5.74, 6) is 0.641. The summed E-state index contributed by atoms with van der Waals surface area (Å²) in [4.78, 5) is 7.08. The number of oxazole rings is 1. The van der Waals surface area contributed by atoms with Gasteiger partial charge in [0.2, 0.25) is 5.89 Å². The summed E-state index contributed by atoms with van der Waals surface area (Å²) in [6.45, 7) is 0. The van der Waals surface area contributed by atoms with Gasteiger partial charge in [-0.2, -0.15) is 0 Å². The zero-order valence-corrected chi connectivity index (χ0v) is 28.3. The Morgan fingerprint density at radius 3 is 1.69 bits per heavy atom. The SMILES string of the molecule is c1ccc(-c2nc3ccc4cc(-c5ccc(N(c6ccccc6)c6ccc(-c7cc8ccccc8c8ccccc78)cc6)cc5)ccc4c3o2)cc1. The van der Waals surface area contributed by atoms with Crippen molar-refractivity contribution in [1.82, 2.24) is 4.98 Å². The van der Waals surface area contributed by atoms with Crippen molar-refractivity contribution in [3.05, 3.63) is 194 Å². The molecule has 0 unspecified atom stereocenters. The second-order valence-corrected chi connectivity index (χ2v) is 13.2. The highest BCUT2D eigenvalue weighted by Crippen LogP contribution is 2.40. The number of aromatic nitrogens is 1. The normalized spacial score (nSPS) is 11.5. The zero-order chi connectivity index (χ0) is 34.4. The van der Waals surface area contributed by atoms with Crippen LogP contribution < -0.4 is 4.90 Å². The van der Waals surface area contributed by atoms with Gasteiger partial charge in [0.15, 0.2) is 5.58 Å². The number of rotatable bonds is 6. The summed E-state index contributed by atoms with van der Waals surface area (Å²) < 4.78 is 6.29. The molecule has 3 heteroatoms. The van der Waals surface area contributed by atoms with Crippen LogP contribution in [-0.2, 0) is 0 Å². The van der Waals surface area contributed by atoms with Crippen LogP contribution in [0.2, 0.25) is 0 Å². The number of para-hydroxylation sites is 1. The van der Waals surface area contributed by atoms with Crippen LogP contribution in [0, 0.1) is 0 Å². The molecule has 0 atom stereocenters. The van der Waals surface area contributed by atoms with Crippen LogP contribution >= 0.6 is 0 Å². The summed E-state index contributed by atoms with van der Waals surface area (Å²) >= 11 is 0. The van der Waals surface area contributed by atoms with Gasteiger partial charge < -0.3 is 9.32 Å². The summed E-state index contributed by atoms with van der Waals surface area (Å²) in [5.41, 5.74) is 10.7. The van der Waals surface area contributed by atoms with Crippen molar-refractivity contribution in [2.24, 2.45) is 0 Å². The van der Waals surface area contributed by atoms with E-state index in [4.69, 9.17) is 9.40 Å². The van der Waals surface area contributed by atoms with Gasteiger partial charge in [0.05, 0.1) is 0 Å². The quantitative estimate of drug-likeness (QED) is 0.166. The fourth-order valence-electron chi connectivity index (χ4n) is 7.51. The van der Waals surface area contributed by atoms with Crippen molar-refractivity contribution in [2.45, 2.75) is 0 Å². The molecule has 0 radical (unpaired) electrons. The summed E-state index contributed by atoms with van der Waals surface area (Å²) in [6.07, 6.45) is 0. The Balaban J connectivity index is 0.993.